The van der Waals surface area contributed by atoms with E-state index in [0.29, 0.717) is 15.5 Å². The Morgan fingerprint density at radius 1 is 1.53 bits per heavy atom. The van der Waals surface area contributed by atoms with Gasteiger partial charge in [0.05, 0.1) is 23.5 Å². The Morgan fingerprint density at radius 3 is 2.93 bits per heavy atom. The second kappa shape index (κ2) is 3.54. The molecule has 6 heteroatoms. The van der Waals surface area contributed by atoms with Crippen LogP contribution in [0.4, 0.5) is 0 Å². The highest BCUT2D eigenvalue weighted by Gasteiger charge is 2.08. The van der Waals surface area contributed by atoms with Gasteiger partial charge in [-0.25, -0.2) is 4.79 Å². The lowest BCUT2D eigenvalue weighted by Gasteiger charge is -2.03. The van der Waals surface area contributed by atoms with Crippen molar-refractivity contribution >= 4 is 32.9 Å². The summed E-state index contributed by atoms with van der Waals surface area (Å²) in [6.45, 7) is -0.449. The second-order valence-electron chi connectivity index (χ2n) is 3.02. The molecular formula is C9H6BrN2O3-. The minimum absolute atomic E-state index is 0.449. The first-order valence-electron chi connectivity index (χ1n) is 4.16. The number of carbonyl (C=O) groups is 1. The maximum atomic E-state index is 11.4. The number of hydrogen-bond acceptors (Lipinski definition) is 3. The van der Waals surface area contributed by atoms with Gasteiger partial charge in [0.2, 0.25) is 0 Å². The highest BCUT2D eigenvalue weighted by Crippen LogP contribution is 2.20. The number of hydrogen-bond donors (Lipinski definition) is 1. The molecule has 15 heavy (non-hydrogen) atoms. The van der Waals surface area contributed by atoms with Crippen LogP contribution < -0.4 is 10.8 Å². The van der Waals surface area contributed by atoms with Crippen molar-refractivity contribution in [2.75, 3.05) is 0 Å². The molecule has 2 aromatic rings. The van der Waals surface area contributed by atoms with Gasteiger partial charge in [-0.3, -0.25) is 4.57 Å². The van der Waals surface area contributed by atoms with Crippen LogP contribution in [-0.2, 0) is 11.3 Å². The fourth-order valence-corrected chi connectivity index (χ4v) is 1.89. The van der Waals surface area contributed by atoms with Crippen molar-refractivity contribution in [1.29, 1.82) is 0 Å². The molecule has 0 atom stereocenters. The number of benzene rings is 1. The minimum Gasteiger partial charge on any atom is -0.548 e. The van der Waals surface area contributed by atoms with Gasteiger partial charge in [0.15, 0.2) is 0 Å². The van der Waals surface area contributed by atoms with Gasteiger partial charge in [0.25, 0.3) is 0 Å². The number of nitrogens with zero attached hydrogens (tertiary/aromatic N) is 1. The maximum Gasteiger partial charge on any atom is 0.326 e. The van der Waals surface area contributed by atoms with E-state index in [0.717, 1.165) is 4.57 Å². The van der Waals surface area contributed by atoms with Crippen LogP contribution in [0.5, 0.6) is 0 Å². The molecule has 0 saturated heterocycles. The molecule has 78 valence electrons. The molecule has 5 nitrogen and oxygen atoms in total. The Kier molecular flexibility index (Phi) is 2.36. The number of carboxylic acid groups (broad SMARTS) is 1. The van der Waals surface area contributed by atoms with Gasteiger partial charge < -0.3 is 14.9 Å². The zero-order chi connectivity index (χ0) is 11.0. The number of rotatable bonds is 2. The van der Waals surface area contributed by atoms with Gasteiger partial charge >= 0.3 is 5.69 Å². The largest absolute Gasteiger partial charge is 0.548 e. The minimum atomic E-state index is -1.29. The monoisotopic (exact) mass is 269 g/mol. The lowest BCUT2D eigenvalue weighted by molar-refractivity contribution is -0.306. The van der Waals surface area contributed by atoms with E-state index in [2.05, 4.69) is 20.9 Å². The van der Waals surface area contributed by atoms with E-state index in [1.807, 2.05) is 0 Å². The number of para-hydroxylation sites is 1. The highest BCUT2D eigenvalue weighted by molar-refractivity contribution is 9.10. The molecule has 1 aromatic carbocycles. The summed E-state index contributed by atoms with van der Waals surface area (Å²) in [5.74, 6) is -1.29. The molecule has 0 unspecified atom stereocenters. The Labute approximate surface area is 92.5 Å². The summed E-state index contributed by atoms with van der Waals surface area (Å²) in [5, 5.41) is 10.5. The average Bonchev–Trinajstić information content (AvgIpc) is 2.45. The van der Waals surface area contributed by atoms with Crippen molar-refractivity contribution in [3.8, 4) is 0 Å². The number of aliphatic carboxylic acids is 1. The van der Waals surface area contributed by atoms with Crippen LogP contribution in [0, 0.1) is 0 Å². The number of carboxylic acids is 1. The molecule has 2 rings (SSSR count). The summed E-state index contributed by atoms with van der Waals surface area (Å²) in [6, 6.07) is 5.16. The highest BCUT2D eigenvalue weighted by atomic mass is 79.9. The van der Waals surface area contributed by atoms with Crippen LogP contribution in [0.2, 0.25) is 0 Å². The van der Waals surface area contributed by atoms with Crippen molar-refractivity contribution in [2.24, 2.45) is 0 Å². The molecule has 0 spiro atoms. The quantitative estimate of drug-likeness (QED) is 0.823. The summed E-state index contributed by atoms with van der Waals surface area (Å²) in [4.78, 5) is 24.4. The van der Waals surface area contributed by atoms with E-state index >= 15 is 0 Å². The van der Waals surface area contributed by atoms with Crippen molar-refractivity contribution in [3.63, 3.8) is 0 Å². The number of carbonyl (C=O) groups excluding carboxylic acids is 1. The predicted octanol–water partition coefficient (Wildman–Crippen LogP) is -0.158. The first kappa shape index (κ1) is 9.97. The third kappa shape index (κ3) is 1.68. The lowest BCUT2D eigenvalue weighted by atomic mass is 10.3. The smallest absolute Gasteiger partial charge is 0.326 e. The van der Waals surface area contributed by atoms with E-state index in [1.165, 1.54) is 0 Å². The first-order chi connectivity index (χ1) is 7.09. The number of nitrogens with one attached hydrogen (secondary N) is 1. The third-order valence-corrected chi connectivity index (χ3v) is 2.71. The van der Waals surface area contributed by atoms with Crippen LogP contribution in [0.15, 0.2) is 27.5 Å². The number of halogens is 1. The van der Waals surface area contributed by atoms with E-state index in [1.54, 1.807) is 18.2 Å². The van der Waals surface area contributed by atoms with Gasteiger partial charge in [0, 0.05) is 4.47 Å². The van der Waals surface area contributed by atoms with Crippen LogP contribution >= 0.6 is 15.9 Å². The fraction of sp³-hybridized carbons (Fsp3) is 0.111. The van der Waals surface area contributed by atoms with E-state index in [-0.39, 0.29) is 0 Å². The normalized spacial score (nSPS) is 10.7. The molecule has 1 N–H and O–H groups in total. The van der Waals surface area contributed by atoms with Gasteiger partial charge in [-0.05, 0) is 28.1 Å². The number of aromatic amines is 1. The molecule has 0 bridgehead atoms. The summed E-state index contributed by atoms with van der Waals surface area (Å²) < 4.78 is 1.84. The van der Waals surface area contributed by atoms with Crippen LogP contribution in [0.3, 0.4) is 0 Å². The first-order valence-corrected chi connectivity index (χ1v) is 4.96. The number of imidazole rings is 1. The summed E-state index contributed by atoms with van der Waals surface area (Å²) in [7, 11) is 0. The molecule has 0 aliphatic heterocycles. The molecule has 0 saturated carbocycles. The molecule has 0 fully saturated rings. The molecule has 0 amide bonds. The van der Waals surface area contributed by atoms with Gasteiger partial charge in [0.1, 0.15) is 0 Å². The van der Waals surface area contributed by atoms with Crippen LogP contribution in [0.1, 0.15) is 0 Å². The number of fused-ring (bicyclic) bond motifs is 1. The Morgan fingerprint density at radius 2 is 2.27 bits per heavy atom. The van der Waals surface area contributed by atoms with Gasteiger partial charge in [-0.15, -0.1) is 0 Å². The Balaban J connectivity index is 2.74. The summed E-state index contributed by atoms with van der Waals surface area (Å²) in [6.07, 6.45) is 0. The maximum absolute atomic E-state index is 11.4. The summed E-state index contributed by atoms with van der Waals surface area (Å²) in [5.41, 5.74) is 0.670. The molecular weight excluding hydrogens is 264 g/mol. The number of H-pyrrole nitrogens is 1. The zero-order valence-corrected chi connectivity index (χ0v) is 9.08. The predicted molar refractivity (Wildman–Crippen MR) is 55.3 cm³/mol. The van der Waals surface area contributed by atoms with E-state index in [9.17, 15) is 14.7 Å². The molecule has 0 aliphatic carbocycles. The topological polar surface area (TPSA) is 77.9 Å². The second-order valence-corrected chi connectivity index (χ2v) is 3.88. The Bertz CT molecular complexity index is 585. The zero-order valence-electron chi connectivity index (χ0n) is 7.49. The molecule has 1 aromatic heterocycles. The number of aromatic nitrogens is 2. The van der Waals surface area contributed by atoms with E-state index < -0.39 is 18.2 Å². The van der Waals surface area contributed by atoms with Gasteiger partial charge in [-0.2, -0.15) is 0 Å². The van der Waals surface area contributed by atoms with Gasteiger partial charge in [-0.1, -0.05) is 6.07 Å². The standard InChI is InChI=1S/C9H7BrN2O3/c10-5-2-1-3-6-8(5)11-9(15)12(6)4-7(13)14/h1-3H,4H2,(H,11,15)(H,13,14)/p-1. The fourth-order valence-electron chi connectivity index (χ4n) is 1.43. The SMILES string of the molecule is O=C([O-])Cn1c(=O)[nH]c2c(Br)cccc21. The lowest BCUT2D eigenvalue weighted by Crippen LogP contribution is -2.31. The molecule has 0 radical (unpaired) electrons. The third-order valence-electron chi connectivity index (χ3n) is 2.05. The van der Waals surface area contributed by atoms with E-state index in [4.69, 9.17) is 0 Å². The summed E-state index contributed by atoms with van der Waals surface area (Å²) >= 11 is 3.26. The van der Waals surface area contributed by atoms with Crippen molar-refractivity contribution in [1.82, 2.24) is 9.55 Å². The van der Waals surface area contributed by atoms with Crippen molar-refractivity contribution in [3.05, 3.63) is 33.2 Å². The van der Waals surface area contributed by atoms with Crippen molar-refractivity contribution in [2.45, 2.75) is 6.54 Å². The molecule has 1 heterocycles. The Hall–Kier alpha value is -1.56. The van der Waals surface area contributed by atoms with Crippen LogP contribution in [0.25, 0.3) is 11.0 Å². The molecule has 0 aliphatic rings. The average molecular weight is 270 g/mol. The van der Waals surface area contributed by atoms with Crippen molar-refractivity contribution < 1.29 is 9.90 Å². The van der Waals surface area contributed by atoms with Crippen LogP contribution in [-0.4, -0.2) is 15.5 Å².